The Balaban J connectivity index is 0.00000263. The molecule has 0 fully saturated rings. The summed E-state index contributed by atoms with van der Waals surface area (Å²) in [4.78, 5) is 5.24. The minimum atomic E-state index is -1.42. The van der Waals surface area contributed by atoms with Crippen LogP contribution in [0.3, 0.4) is 0 Å². The summed E-state index contributed by atoms with van der Waals surface area (Å²) in [6, 6.07) is 10.8. The van der Waals surface area contributed by atoms with E-state index in [1.165, 1.54) is 5.56 Å². The van der Waals surface area contributed by atoms with Crippen molar-refractivity contribution in [3.8, 4) is 0 Å². The summed E-state index contributed by atoms with van der Waals surface area (Å²) in [7, 11) is 6.95. The first-order valence-corrected chi connectivity index (χ1v) is 24.6. The Morgan fingerprint density at radius 2 is 1.23 bits per heavy atom. The molecule has 0 aliphatic carbocycles. The van der Waals surface area contributed by atoms with Gasteiger partial charge in [0.25, 0.3) is 0 Å². The Bertz CT molecular complexity index is 648. The van der Waals surface area contributed by atoms with Crippen molar-refractivity contribution >= 4 is 71.8 Å². The summed E-state index contributed by atoms with van der Waals surface area (Å²) in [6.45, 7) is 28.6. The van der Waals surface area contributed by atoms with Crippen LogP contribution in [0.15, 0.2) is 35.3 Å². The van der Waals surface area contributed by atoms with Crippen molar-refractivity contribution in [3.05, 3.63) is 35.9 Å². The van der Waals surface area contributed by atoms with Gasteiger partial charge in [-0.25, -0.2) is 0 Å². The van der Waals surface area contributed by atoms with Crippen LogP contribution in [0.1, 0.15) is 47.1 Å². The molecule has 4 radical (unpaired) electrons. The van der Waals surface area contributed by atoms with Crippen LogP contribution in [0, 0.1) is 0 Å². The molecule has 30 heavy (non-hydrogen) atoms. The molecular formula is C21H41Cl2Ge2N3Si2. The van der Waals surface area contributed by atoms with Crippen molar-refractivity contribution in [1.82, 2.24) is 7.05 Å². The van der Waals surface area contributed by atoms with Gasteiger partial charge in [0.05, 0.1) is 0 Å². The fraction of sp³-hybridized carbons (Fsp3) is 0.667. The first-order chi connectivity index (χ1) is 13.3. The second kappa shape index (κ2) is 12.3. The molecule has 1 rings (SSSR count). The third kappa shape index (κ3) is 11.6. The number of hydrogen-bond donors (Lipinski definition) is 0. The van der Waals surface area contributed by atoms with Gasteiger partial charge in [-0.3, -0.25) is 0 Å². The van der Waals surface area contributed by atoms with Gasteiger partial charge in [0.1, 0.15) is 0 Å². The third-order valence-electron chi connectivity index (χ3n) is 3.90. The second-order valence-corrected chi connectivity index (χ2v) is 28.8. The third-order valence-corrected chi connectivity index (χ3v) is 22.8. The standard InChI is InChI=1S/C21H41GeN3Si2.Cl2Ge/c1-20(2,3)23-19(18-16-14-13-15-17-18)24(21(4,5)6)22-25(26(7,8)9)27(10,11)12;1-3-2/h13-17H,1-12H3;. The predicted octanol–water partition coefficient (Wildman–Crippen LogP) is 6.84. The topological polar surface area (TPSA) is 18.8 Å². The van der Waals surface area contributed by atoms with Crippen molar-refractivity contribution in [3.63, 3.8) is 0 Å². The summed E-state index contributed by atoms with van der Waals surface area (Å²) in [5.41, 5.74) is 1.17. The summed E-state index contributed by atoms with van der Waals surface area (Å²) < 4.78 is 5.62. The van der Waals surface area contributed by atoms with Crippen molar-refractivity contribution in [2.24, 2.45) is 4.99 Å². The zero-order valence-electron chi connectivity index (χ0n) is 21.0. The van der Waals surface area contributed by atoms with Crippen molar-refractivity contribution in [2.75, 3.05) is 0 Å². The quantitative estimate of drug-likeness (QED) is 0.208. The maximum absolute atomic E-state index is 5.24. The number of benzene rings is 1. The van der Waals surface area contributed by atoms with Crippen LogP contribution in [0.25, 0.3) is 0 Å². The van der Waals surface area contributed by atoms with Crippen molar-refractivity contribution in [2.45, 2.75) is 91.9 Å². The molecule has 0 atom stereocenters. The van der Waals surface area contributed by atoms with E-state index in [1.54, 1.807) is 0 Å². The van der Waals surface area contributed by atoms with Crippen molar-refractivity contribution < 1.29 is 0 Å². The van der Waals surface area contributed by atoms with Crippen molar-refractivity contribution in [1.29, 1.82) is 0 Å². The molecule has 0 aromatic heterocycles. The van der Waals surface area contributed by atoms with Gasteiger partial charge >= 0.3 is 212 Å². The number of rotatable bonds is 5. The van der Waals surface area contributed by atoms with Gasteiger partial charge in [-0.15, -0.1) is 0 Å². The van der Waals surface area contributed by atoms with Gasteiger partial charge in [0.2, 0.25) is 0 Å². The molecule has 9 heteroatoms. The monoisotopic (exact) mass is 609 g/mol. The fourth-order valence-electron chi connectivity index (χ4n) is 3.07. The van der Waals surface area contributed by atoms with E-state index >= 15 is 0 Å². The molecule has 0 bridgehead atoms. The molecule has 0 heterocycles. The second-order valence-electron chi connectivity index (χ2n) is 11.3. The van der Waals surface area contributed by atoms with E-state index in [0.29, 0.717) is 0 Å². The van der Waals surface area contributed by atoms with Crippen LogP contribution in [0.4, 0.5) is 0 Å². The van der Waals surface area contributed by atoms with E-state index in [1.807, 2.05) is 0 Å². The molecule has 0 saturated heterocycles. The molecule has 0 aliphatic heterocycles. The van der Waals surface area contributed by atoms with Crippen LogP contribution in [-0.2, 0) is 0 Å². The number of amidine groups is 1. The van der Waals surface area contributed by atoms with Gasteiger partial charge in [-0.05, 0) is 0 Å². The van der Waals surface area contributed by atoms with Gasteiger partial charge in [0.15, 0.2) is 0 Å². The zero-order chi connectivity index (χ0) is 24.0. The minimum absolute atomic E-state index is 0.0392. The number of hydrogen-bond acceptors (Lipinski definition) is 2. The van der Waals surface area contributed by atoms with E-state index in [4.69, 9.17) is 25.0 Å². The zero-order valence-corrected chi connectivity index (χ0v) is 28.7. The summed E-state index contributed by atoms with van der Waals surface area (Å²) in [6.07, 6.45) is 0. The molecule has 0 N–H and O–H groups in total. The number of nitrogens with zero attached hydrogens (tertiary/aromatic N) is 3. The molecule has 1 aromatic rings. The van der Waals surface area contributed by atoms with Gasteiger partial charge < -0.3 is 0 Å². The first-order valence-electron chi connectivity index (χ1n) is 10.3. The molecule has 0 amide bonds. The number of aliphatic imine (C=N–C) groups is 1. The van der Waals surface area contributed by atoms with Gasteiger partial charge in [-0.1, -0.05) is 0 Å². The van der Waals surface area contributed by atoms with Crippen LogP contribution >= 0.6 is 20.0 Å². The molecule has 3 nitrogen and oxygen atoms in total. The average Bonchev–Trinajstić information content (AvgIpc) is 2.50. The van der Waals surface area contributed by atoms with Crippen LogP contribution < -0.4 is 0 Å². The van der Waals surface area contributed by atoms with Crippen LogP contribution in [-0.4, -0.2) is 69.9 Å². The van der Waals surface area contributed by atoms with Crippen LogP contribution in [0.5, 0.6) is 0 Å². The van der Waals surface area contributed by atoms with E-state index in [0.717, 1.165) is 5.84 Å². The molecule has 0 saturated carbocycles. The first kappa shape index (κ1) is 30.7. The van der Waals surface area contributed by atoms with E-state index < -0.39 is 45.9 Å². The molecular weight excluding hydrogens is 567 g/mol. The fourth-order valence-corrected chi connectivity index (χ4v) is 18.2. The Kier molecular flexibility index (Phi) is 12.6. The molecule has 0 aliphatic rings. The van der Waals surface area contributed by atoms with Gasteiger partial charge in [0, 0.05) is 0 Å². The summed E-state index contributed by atoms with van der Waals surface area (Å²) in [5, 5.41) is 0. The van der Waals surface area contributed by atoms with E-state index in [2.05, 4.69) is 118 Å². The Morgan fingerprint density at radius 1 is 0.833 bits per heavy atom. The predicted molar refractivity (Wildman–Crippen MR) is 146 cm³/mol. The summed E-state index contributed by atoms with van der Waals surface area (Å²) >= 11 is -1.07. The molecule has 1 aromatic carbocycles. The van der Waals surface area contributed by atoms with Crippen LogP contribution in [0.2, 0.25) is 39.3 Å². The average molecular weight is 608 g/mol. The number of halogens is 2. The van der Waals surface area contributed by atoms with Gasteiger partial charge in [-0.2, -0.15) is 0 Å². The normalized spacial score (nSPS) is 13.8. The van der Waals surface area contributed by atoms with E-state index in [9.17, 15) is 0 Å². The molecule has 0 unspecified atom stereocenters. The Morgan fingerprint density at radius 3 is 1.53 bits per heavy atom. The van der Waals surface area contributed by atoms with E-state index in [-0.39, 0.29) is 11.1 Å². The molecule has 0 spiro atoms. The summed E-state index contributed by atoms with van der Waals surface area (Å²) in [5.74, 6) is 1.16. The molecule has 170 valence electrons. The SMILES string of the molecule is CC(C)(C)N=C(c1ccccc1)[N]([Ge][N]([Si](C)(C)C)[Si](C)(C)C)C(C)(C)C.[Cl][Ge][Cl]. The Labute approximate surface area is 210 Å². The Hall–Kier alpha value is 0.749. The maximum atomic E-state index is 5.24.